The predicted molar refractivity (Wildman–Crippen MR) is 84.6 cm³/mol. The normalized spacial score (nSPS) is 11.2. The molecule has 0 aliphatic heterocycles. The minimum Gasteiger partial charge on any atom is -0.481 e. The summed E-state index contributed by atoms with van der Waals surface area (Å²) in [6.07, 6.45) is -0.372. The minimum atomic E-state index is -4.02. The summed E-state index contributed by atoms with van der Waals surface area (Å²) in [6.45, 7) is -0.253. The third-order valence-corrected chi connectivity index (χ3v) is 5.14. The van der Waals surface area contributed by atoms with Gasteiger partial charge in [-0.3, -0.25) is 9.10 Å². The lowest BCUT2D eigenvalue weighted by molar-refractivity contribution is -0.136. The summed E-state index contributed by atoms with van der Waals surface area (Å²) in [5, 5.41) is 9.26. The van der Waals surface area contributed by atoms with E-state index in [4.69, 9.17) is 16.7 Å². The molecular formula is C15H13ClFNO4S. The predicted octanol–water partition coefficient (Wildman–Crippen LogP) is 3.15. The lowest BCUT2D eigenvalue weighted by Gasteiger charge is -2.24. The number of nitrogens with zero attached hydrogens (tertiary/aromatic N) is 1. The Balaban J connectivity index is 2.44. The molecule has 0 bridgehead atoms. The number of carboxylic acids is 1. The molecular weight excluding hydrogens is 345 g/mol. The van der Waals surface area contributed by atoms with Gasteiger partial charge in [-0.25, -0.2) is 12.8 Å². The Kier molecular flexibility index (Phi) is 5.23. The molecule has 2 rings (SSSR count). The van der Waals surface area contributed by atoms with Crippen LogP contribution in [0.1, 0.15) is 6.42 Å². The van der Waals surface area contributed by atoms with Gasteiger partial charge in [-0.2, -0.15) is 0 Å². The molecule has 0 spiro atoms. The number of hydrogen-bond donors (Lipinski definition) is 1. The van der Waals surface area contributed by atoms with Crippen LogP contribution in [0.25, 0.3) is 0 Å². The molecule has 0 atom stereocenters. The van der Waals surface area contributed by atoms with E-state index in [2.05, 4.69) is 0 Å². The standard InChI is InChI=1S/C15H13ClFNO4S/c16-11-1-5-13(6-2-11)18(10-9-15(19)20)23(21,22)14-7-3-12(17)4-8-14/h1-8H,9-10H2,(H,19,20). The van der Waals surface area contributed by atoms with Crippen molar-refractivity contribution < 1.29 is 22.7 Å². The van der Waals surface area contributed by atoms with E-state index in [9.17, 15) is 17.6 Å². The summed E-state index contributed by atoms with van der Waals surface area (Å²) in [6, 6.07) is 10.3. The highest BCUT2D eigenvalue weighted by atomic mass is 35.5. The van der Waals surface area contributed by atoms with Gasteiger partial charge in [0.15, 0.2) is 0 Å². The van der Waals surface area contributed by atoms with E-state index in [0.717, 1.165) is 28.6 Å². The van der Waals surface area contributed by atoms with Crippen molar-refractivity contribution in [1.82, 2.24) is 0 Å². The molecule has 1 N–H and O–H groups in total. The Labute approximate surface area is 138 Å². The molecule has 0 amide bonds. The van der Waals surface area contributed by atoms with Crippen LogP contribution in [0, 0.1) is 5.82 Å². The molecule has 0 aliphatic rings. The Bertz CT molecular complexity index is 791. The first kappa shape index (κ1) is 17.2. The van der Waals surface area contributed by atoms with Crippen molar-refractivity contribution in [3.05, 3.63) is 59.4 Å². The van der Waals surface area contributed by atoms with Crippen LogP contribution in [0.2, 0.25) is 5.02 Å². The number of aliphatic carboxylic acids is 1. The van der Waals surface area contributed by atoms with Gasteiger partial charge in [-0.15, -0.1) is 0 Å². The van der Waals surface area contributed by atoms with E-state index in [1.165, 1.54) is 24.3 Å². The average molecular weight is 358 g/mol. The number of carboxylic acid groups (broad SMARTS) is 1. The van der Waals surface area contributed by atoms with Crippen molar-refractivity contribution in [3.63, 3.8) is 0 Å². The zero-order valence-corrected chi connectivity index (χ0v) is 13.4. The van der Waals surface area contributed by atoms with Crippen LogP contribution in [-0.2, 0) is 14.8 Å². The Morgan fingerprint density at radius 3 is 2.17 bits per heavy atom. The summed E-state index contributed by atoms with van der Waals surface area (Å²) in [7, 11) is -4.02. The van der Waals surface area contributed by atoms with E-state index in [1.54, 1.807) is 0 Å². The maximum Gasteiger partial charge on any atom is 0.305 e. The fraction of sp³-hybridized carbons (Fsp3) is 0.133. The zero-order valence-electron chi connectivity index (χ0n) is 11.8. The van der Waals surface area contributed by atoms with Crippen LogP contribution in [-0.4, -0.2) is 26.0 Å². The number of rotatable bonds is 6. The first-order chi connectivity index (χ1) is 10.8. The smallest absolute Gasteiger partial charge is 0.305 e. The Morgan fingerprint density at radius 2 is 1.65 bits per heavy atom. The highest BCUT2D eigenvalue weighted by Crippen LogP contribution is 2.25. The average Bonchev–Trinajstić information content (AvgIpc) is 2.49. The molecule has 0 saturated heterocycles. The molecule has 0 aliphatic carbocycles. The maximum atomic E-state index is 13.0. The molecule has 0 fully saturated rings. The largest absolute Gasteiger partial charge is 0.481 e. The molecule has 0 unspecified atom stereocenters. The van der Waals surface area contributed by atoms with E-state index in [0.29, 0.717) is 5.02 Å². The van der Waals surface area contributed by atoms with E-state index in [-0.39, 0.29) is 23.5 Å². The summed E-state index contributed by atoms with van der Waals surface area (Å²) >= 11 is 5.79. The van der Waals surface area contributed by atoms with Crippen LogP contribution < -0.4 is 4.31 Å². The molecule has 8 heteroatoms. The van der Waals surface area contributed by atoms with Gasteiger partial charge in [0.2, 0.25) is 0 Å². The number of sulfonamides is 1. The molecule has 23 heavy (non-hydrogen) atoms. The first-order valence-electron chi connectivity index (χ1n) is 6.56. The number of carbonyl (C=O) groups is 1. The monoisotopic (exact) mass is 357 g/mol. The molecule has 5 nitrogen and oxygen atoms in total. The van der Waals surface area contributed by atoms with Crippen LogP contribution in [0.4, 0.5) is 10.1 Å². The molecule has 2 aromatic rings. The second-order valence-electron chi connectivity index (χ2n) is 4.65. The van der Waals surface area contributed by atoms with Crippen molar-refractivity contribution in [3.8, 4) is 0 Å². The summed E-state index contributed by atoms with van der Waals surface area (Å²) in [5.74, 6) is -1.69. The molecule has 2 aromatic carbocycles. The molecule has 122 valence electrons. The van der Waals surface area contributed by atoms with Crippen molar-refractivity contribution in [1.29, 1.82) is 0 Å². The topological polar surface area (TPSA) is 74.7 Å². The second-order valence-corrected chi connectivity index (χ2v) is 6.95. The van der Waals surface area contributed by atoms with Crippen LogP contribution in [0.3, 0.4) is 0 Å². The molecule has 0 aromatic heterocycles. The van der Waals surface area contributed by atoms with Gasteiger partial charge in [0, 0.05) is 11.6 Å². The number of benzene rings is 2. The number of anilines is 1. The Morgan fingerprint density at radius 1 is 1.09 bits per heavy atom. The third kappa shape index (κ3) is 4.20. The van der Waals surface area contributed by atoms with Gasteiger partial charge in [0.1, 0.15) is 5.82 Å². The lowest BCUT2D eigenvalue weighted by Crippen LogP contribution is -2.33. The fourth-order valence-corrected chi connectivity index (χ4v) is 3.52. The highest BCUT2D eigenvalue weighted by Gasteiger charge is 2.25. The highest BCUT2D eigenvalue weighted by molar-refractivity contribution is 7.92. The van der Waals surface area contributed by atoms with E-state index < -0.39 is 21.8 Å². The van der Waals surface area contributed by atoms with Gasteiger partial charge < -0.3 is 5.11 Å². The Hall–Kier alpha value is -2.12. The third-order valence-electron chi connectivity index (χ3n) is 3.05. The quantitative estimate of drug-likeness (QED) is 0.861. The van der Waals surface area contributed by atoms with E-state index >= 15 is 0 Å². The second kappa shape index (κ2) is 6.97. The van der Waals surface area contributed by atoms with Crippen molar-refractivity contribution >= 4 is 33.3 Å². The van der Waals surface area contributed by atoms with Gasteiger partial charge in [-0.1, -0.05) is 11.6 Å². The molecule has 0 saturated carbocycles. The summed E-state index contributed by atoms with van der Waals surface area (Å²) in [4.78, 5) is 10.7. The SMILES string of the molecule is O=C(O)CCN(c1ccc(Cl)cc1)S(=O)(=O)c1ccc(F)cc1. The van der Waals surface area contributed by atoms with Crippen LogP contribution in [0.5, 0.6) is 0 Å². The lowest BCUT2D eigenvalue weighted by atomic mass is 10.3. The van der Waals surface area contributed by atoms with Crippen LogP contribution in [0.15, 0.2) is 53.4 Å². The number of hydrogen-bond acceptors (Lipinski definition) is 3. The summed E-state index contributed by atoms with van der Waals surface area (Å²) < 4.78 is 39.4. The molecule has 0 heterocycles. The van der Waals surface area contributed by atoms with Crippen molar-refractivity contribution in [2.24, 2.45) is 0 Å². The van der Waals surface area contributed by atoms with Gasteiger partial charge in [0.25, 0.3) is 10.0 Å². The zero-order chi connectivity index (χ0) is 17.0. The fourth-order valence-electron chi connectivity index (χ4n) is 1.93. The maximum absolute atomic E-state index is 13.0. The van der Waals surface area contributed by atoms with Gasteiger partial charge in [0.05, 0.1) is 17.0 Å². The van der Waals surface area contributed by atoms with Crippen LogP contribution >= 0.6 is 11.6 Å². The summed E-state index contributed by atoms with van der Waals surface area (Å²) in [5.41, 5.74) is 0.278. The van der Waals surface area contributed by atoms with Gasteiger partial charge >= 0.3 is 5.97 Å². The number of halogens is 2. The van der Waals surface area contributed by atoms with Crippen molar-refractivity contribution in [2.75, 3.05) is 10.8 Å². The van der Waals surface area contributed by atoms with Gasteiger partial charge in [-0.05, 0) is 48.5 Å². The first-order valence-corrected chi connectivity index (χ1v) is 8.38. The van der Waals surface area contributed by atoms with Crippen molar-refractivity contribution in [2.45, 2.75) is 11.3 Å². The molecule has 0 radical (unpaired) electrons. The minimum absolute atomic E-state index is 0.126. The van der Waals surface area contributed by atoms with E-state index in [1.807, 2.05) is 0 Å².